The van der Waals surface area contributed by atoms with Crippen LogP contribution < -0.4 is 10.6 Å². The van der Waals surface area contributed by atoms with E-state index in [0.29, 0.717) is 41.3 Å². The van der Waals surface area contributed by atoms with E-state index in [4.69, 9.17) is 4.74 Å². The Bertz CT molecular complexity index is 1060. The molecule has 2 aromatic heterocycles. The van der Waals surface area contributed by atoms with E-state index in [-0.39, 0.29) is 5.91 Å². The predicted octanol–water partition coefficient (Wildman–Crippen LogP) is 3.40. The Hall–Kier alpha value is -3.46. The van der Waals surface area contributed by atoms with Crippen molar-refractivity contribution in [3.63, 3.8) is 0 Å². The van der Waals surface area contributed by atoms with Gasteiger partial charge in [0.05, 0.1) is 12.2 Å². The van der Waals surface area contributed by atoms with Crippen molar-refractivity contribution < 1.29 is 18.7 Å². The summed E-state index contributed by atoms with van der Waals surface area (Å²) in [6.45, 7) is 4.70. The SMILES string of the molecule is CC.CN.CN(C)C(=O)c1cn2cc(-c3ccc(N4CCOC4=O)cc3F)ccc2n1. The van der Waals surface area contributed by atoms with Gasteiger partial charge in [0, 0.05) is 37.6 Å². The minimum atomic E-state index is -0.472. The van der Waals surface area contributed by atoms with E-state index < -0.39 is 11.9 Å². The highest BCUT2D eigenvalue weighted by Crippen LogP contribution is 2.28. The molecule has 2 N–H and O–H groups in total. The van der Waals surface area contributed by atoms with Crippen LogP contribution in [0.15, 0.2) is 42.7 Å². The van der Waals surface area contributed by atoms with Crippen LogP contribution in [0.4, 0.5) is 14.9 Å². The highest BCUT2D eigenvalue weighted by Gasteiger charge is 2.24. The first kappa shape index (κ1) is 23.8. The number of pyridine rings is 1. The van der Waals surface area contributed by atoms with Gasteiger partial charge in [-0.2, -0.15) is 0 Å². The number of fused-ring (bicyclic) bond motifs is 1. The number of halogens is 1. The second-order valence-electron chi connectivity index (χ2n) is 6.44. The van der Waals surface area contributed by atoms with Gasteiger partial charge < -0.3 is 19.8 Å². The van der Waals surface area contributed by atoms with Gasteiger partial charge in [-0.25, -0.2) is 14.2 Å². The van der Waals surface area contributed by atoms with Crippen LogP contribution in [0, 0.1) is 5.82 Å². The molecule has 1 fully saturated rings. The van der Waals surface area contributed by atoms with E-state index in [1.165, 1.54) is 22.9 Å². The van der Waals surface area contributed by atoms with Crippen LogP contribution in [0.25, 0.3) is 16.8 Å². The zero-order valence-corrected chi connectivity index (χ0v) is 18.4. The summed E-state index contributed by atoms with van der Waals surface area (Å²) in [6.07, 6.45) is 2.87. The molecule has 0 atom stereocenters. The third kappa shape index (κ3) is 5.00. The van der Waals surface area contributed by atoms with Crippen molar-refractivity contribution in [2.75, 3.05) is 39.2 Å². The summed E-state index contributed by atoms with van der Waals surface area (Å²) >= 11 is 0. The number of nitrogens with zero attached hydrogens (tertiary/aromatic N) is 4. The van der Waals surface area contributed by atoms with Gasteiger partial charge in [0.15, 0.2) is 0 Å². The zero-order valence-electron chi connectivity index (χ0n) is 18.4. The summed E-state index contributed by atoms with van der Waals surface area (Å²) in [5.74, 6) is -0.649. The largest absolute Gasteiger partial charge is 0.447 e. The number of nitrogens with two attached hydrogens (primary N) is 1. The minimum absolute atomic E-state index is 0.201. The zero-order chi connectivity index (χ0) is 23.1. The van der Waals surface area contributed by atoms with E-state index in [1.807, 2.05) is 13.8 Å². The van der Waals surface area contributed by atoms with Gasteiger partial charge in [0.1, 0.15) is 23.8 Å². The quantitative estimate of drug-likeness (QED) is 0.689. The molecule has 1 aliphatic rings. The van der Waals surface area contributed by atoms with Crippen molar-refractivity contribution in [3.05, 3.63) is 54.2 Å². The number of amides is 2. The summed E-state index contributed by atoms with van der Waals surface area (Å²) < 4.78 is 21.3. The van der Waals surface area contributed by atoms with Gasteiger partial charge in [-0.1, -0.05) is 13.8 Å². The number of carbonyl (C=O) groups excluding carboxylic acids is 2. The second-order valence-corrected chi connectivity index (χ2v) is 6.44. The van der Waals surface area contributed by atoms with Crippen LogP contribution >= 0.6 is 0 Å². The monoisotopic (exact) mass is 429 g/mol. The topological polar surface area (TPSA) is 93.2 Å². The van der Waals surface area contributed by atoms with Crippen molar-refractivity contribution in [1.29, 1.82) is 0 Å². The van der Waals surface area contributed by atoms with Crippen molar-refractivity contribution in [2.24, 2.45) is 5.73 Å². The first-order chi connectivity index (χ1) is 14.9. The number of aromatic nitrogens is 2. The summed E-state index contributed by atoms with van der Waals surface area (Å²) in [7, 11) is 4.82. The van der Waals surface area contributed by atoms with Crippen LogP contribution in [-0.4, -0.2) is 60.6 Å². The average Bonchev–Trinajstić information content (AvgIpc) is 3.41. The van der Waals surface area contributed by atoms with E-state index in [2.05, 4.69) is 10.7 Å². The molecule has 4 rings (SSSR count). The predicted molar refractivity (Wildman–Crippen MR) is 119 cm³/mol. The van der Waals surface area contributed by atoms with E-state index >= 15 is 0 Å². The molecule has 31 heavy (non-hydrogen) atoms. The maximum atomic E-state index is 14.7. The molecule has 3 heterocycles. The standard InChI is InChI=1S/C19H17FN4O3.C2H6.CH5N/c1-22(2)18(25)16-11-23-10-12(3-6-17(23)21-16)14-5-4-13(9-15(14)20)24-7-8-27-19(24)26;2*1-2/h3-6,9-11H,7-8H2,1-2H3;1-2H3;2H2,1H3. The Balaban J connectivity index is 0.000000807. The Morgan fingerprint density at radius 3 is 2.45 bits per heavy atom. The summed E-state index contributed by atoms with van der Waals surface area (Å²) in [6, 6.07) is 8.10. The highest BCUT2D eigenvalue weighted by molar-refractivity contribution is 5.92. The fourth-order valence-electron chi connectivity index (χ4n) is 3.02. The molecule has 9 heteroatoms. The number of carbonyl (C=O) groups is 2. The molecule has 3 aromatic rings. The van der Waals surface area contributed by atoms with Crippen LogP contribution in [0.3, 0.4) is 0 Å². The minimum Gasteiger partial charge on any atom is -0.447 e. The molecule has 1 saturated heterocycles. The van der Waals surface area contributed by atoms with Crippen LogP contribution in [0.1, 0.15) is 24.3 Å². The van der Waals surface area contributed by atoms with E-state index in [1.54, 1.807) is 55.2 Å². The Labute approximate surface area is 181 Å². The van der Waals surface area contributed by atoms with Gasteiger partial charge in [-0.15, -0.1) is 0 Å². The van der Waals surface area contributed by atoms with Gasteiger partial charge in [0.25, 0.3) is 5.91 Å². The van der Waals surface area contributed by atoms with Crippen LogP contribution in [0.5, 0.6) is 0 Å². The van der Waals surface area contributed by atoms with Crippen molar-refractivity contribution in [3.8, 4) is 11.1 Å². The number of hydrogen-bond donors (Lipinski definition) is 1. The molecule has 0 bridgehead atoms. The number of anilines is 1. The van der Waals surface area contributed by atoms with Crippen molar-refractivity contribution in [1.82, 2.24) is 14.3 Å². The van der Waals surface area contributed by atoms with Gasteiger partial charge in [-0.05, 0) is 37.4 Å². The lowest BCUT2D eigenvalue weighted by molar-refractivity contribution is 0.0822. The van der Waals surface area contributed by atoms with Crippen molar-refractivity contribution in [2.45, 2.75) is 13.8 Å². The molecule has 1 aliphatic heterocycles. The molecule has 1 aromatic carbocycles. The second kappa shape index (κ2) is 10.5. The highest BCUT2D eigenvalue weighted by atomic mass is 19.1. The average molecular weight is 429 g/mol. The fourth-order valence-corrected chi connectivity index (χ4v) is 3.02. The molecule has 2 amide bonds. The van der Waals surface area contributed by atoms with Crippen molar-refractivity contribution >= 4 is 23.3 Å². The maximum absolute atomic E-state index is 14.7. The summed E-state index contributed by atoms with van der Waals surface area (Å²) in [5, 5.41) is 0. The first-order valence-electron chi connectivity index (χ1n) is 9.96. The number of hydrogen-bond acceptors (Lipinski definition) is 5. The summed E-state index contributed by atoms with van der Waals surface area (Å²) in [4.78, 5) is 30.8. The third-order valence-electron chi connectivity index (χ3n) is 4.41. The molecular formula is C22H28FN5O3. The van der Waals surface area contributed by atoms with E-state index in [0.717, 1.165) is 0 Å². The lowest BCUT2D eigenvalue weighted by Crippen LogP contribution is -2.23. The lowest BCUT2D eigenvalue weighted by Gasteiger charge is -2.14. The Morgan fingerprint density at radius 1 is 1.16 bits per heavy atom. The molecule has 0 spiro atoms. The molecule has 0 radical (unpaired) electrons. The lowest BCUT2D eigenvalue weighted by atomic mass is 10.1. The van der Waals surface area contributed by atoms with Gasteiger partial charge >= 0.3 is 6.09 Å². The first-order valence-corrected chi connectivity index (χ1v) is 9.96. The molecule has 0 aliphatic carbocycles. The molecule has 0 unspecified atom stereocenters. The number of imidazole rings is 1. The van der Waals surface area contributed by atoms with Gasteiger partial charge in [-0.3, -0.25) is 9.69 Å². The third-order valence-corrected chi connectivity index (χ3v) is 4.41. The summed E-state index contributed by atoms with van der Waals surface area (Å²) in [5.41, 5.74) is 6.90. The van der Waals surface area contributed by atoms with Crippen LogP contribution in [0.2, 0.25) is 0 Å². The smallest absolute Gasteiger partial charge is 0.414 e. The Kier molecular flexibility index (Phi) is 8.09. The molecule has 166 valence electrons. The fraction of sp³-hybridized carbons (Fsp3) is 0.318. The van der Waals surface area contributed by atoms with E-state index in [9.17, 15) is 14.0 Å². The molecule has 0 saturated carbocycles. The number of cyclic esters (lactones) is 1. The number of benzene rings is 1. The number of ether oxygens (including phenoxy) is 1. The number of rotatable bonds is 3. The normalized spacial score (nSPS) is 12.5. The van der Waals surface area contributed by atoms with Crippen LogP contribution in [-0.2, 0) is 4.74 Å². The molecular weight excluding hydrogens is 401 g/mol. The molecule has 8 nitrogen and oxygen atoms in total. The Morgan fingerprint density at radius 2 is 1.87 bits per heavy atom. The van der Waals surface area contributed by atoms with Gasteiger partial charge in [0.2, 0.25) is 0 Å². The maximum Gasteiger partial charge on any atom is 0.414 e.